The van der Waals surface area contributed by atoms with Gasteiger partial charge in [-0.1, -0.05) is 30.3 Å². The first-order valence-corrected chi connectivity index (χ1v) is 9.98. The molecule has 0 fully saturated rings. The first kappa shape index (κ1) is 18.8. The molecule has 8 nitrogen and oxygen atoms in total. The van der Waals surface area contributed by atoms with E-state index < -0.39 is 0 Å². The molecular weight excluding hydrogens is 394 g/mol. The highest BCUT2D eigenvalue weighted by Gasteiger charge is 2.21. The second-order valence-electron chi connectivity index (χ2n) is 7.21. The van der Waals surface area contributed by atoms with Crippen molar-refractivity contribution in [2.45, 2.75) is 19.3 Å². The molecule has 1 aromatic carbocycles. The zero-order valence-electron chi connectivity index (χ0n) is 16.5. The van der Waals surface area contributed by atoms with Crippen LogP contribution in [-0.4, -0.2) is 25.7 Å². The maximum atomic E-state index is 12.6. The van der Waals surface area contributed by atoms with Gasteiger partial charge in [0.2, 0.25) is 11.9 Å². The van der Waals surface area contributed by atoms with Crippen LogP contribution in [-0.2, 0) is 17.6 Å². The highest BCUT2D eigenvalue weighted by atomic mass is 16.3. The van der Waals surface area contributed by atoms with Gasteiger partial charge in [-0.15, -0.1) is 0 Å². The number of nitrogens with one attached hydrogen (secondary N) is 2. The first-order chi connectivity index (χ1) is 15.2. The lowest BCUT2D eigenvalue weighted by Crippen LogP contribution is -2.20. The van der Waals surface area contributed by atoms with E-state index in [9.17, 15) is 9.59 Å². The van der Waals surface area contributed by atoms with E-state index >= 15 is 0 Å². The van der Waals surface area contributed by atoms with Crippen LogP contribution in [0, 0.1) is 0 Å². The number of H-pyrrole nitrogens is 1. The molecule has 3 aromatic heterocycles. The predicted octanol–water partition coefficient (Wildman–Crippen LogP) is 3.36. The summed E-state index contributed by atoms with van der Waals surface area (Å²) in [4.78, 5) is 32.4. The summed E-state index contributed by atoms with van der Waals surface area (Å²) < 4.78 is 6.86. The molecular formula is C23H19N5O3. The monoisotopic (exact) mass is 413 g/mol. The third kappa shape index (κ3) is 3.83. The molecule has 0 spiro atoms. The Hall–Kier alpha value is -4.20. The Bertz CT molecular complexity index is 1320. The van der Waals surface area contributed by atoms with Crippen LogP contribution in [0.5, 0.6) is 0 Å². The second kappa shape index (κ2) is 7.91. The average Bonchev–Trinajstić information content (AvgIpc) is 3.53. The largest absolute Gasteiger partial charge is 0.463 e. The fourth-order valence-electron chi connectivity index (χ4n) is 3.61. The minimum absolute atomic E-state index is 0.172. The minimum Gasteiger partial charge on any atom is -0.463 e. The first-order valence-electron chi connectivity index (χ1n) is 9.98. The molecule has 5 rings (SSSR count). The van der Waals surface area contributed by atoms with Crippen molar-refractivity contribution in [1.82, 2.24) is 19.7 Å². The Labute approximate surface area is 177 Å². The molecule has 1 amide bonds. The van der Waals surface area contributed by atoms with Crippen molar-refractivity contribution in [2.75, 3.05) is 5.32 Å². The summed E-state index contributed by atoms with van der Waals surface area (Å²) in [7, 11) is 0. The summed E-state index contributed by atoms with van der Waals surface area (Å²) in [5.41, 5.74) is 2.74. The van der Waals surface area contributed by atoms with E-state index in [4.69, 9.17) is 4.42 Å². The van der Waals surface area contributed by atoms with E-state index in [1.54, 1.807) is 30.5 Å². The van der Waals surface area contributed by atoms with Gasteiger partial charge in [-0.3, -0.25) is 14.6 Å². The Balaban J connectivity index is 1.51. The molecule has 0 saturated heterocycles. The number of aromatic amines is 1. The molecule has 2 N–H and O–H groups in total. The number of hydrogen-bond acceptors (Lipinski definition) is 5. The second-order valence-corrected chi connectivity index (χ2v) is 7.21. The van der Waals surface area contributed by atoms with Crippen LogP contribution in [0.3, 0.4) is 0 Å². The summed E-state index contributed by atoms with van der Waals surface area (Å²) in [5, 5.41) is 7.33. The lowest BCUT2D eigenvalue weighted by atomic mass is 10.2. The van der Waals surface area contributed by atoms with Gasteiger partial charge in [-0.2, -0.15) is 9.78 Å². The standard InChI is InChI=1S/C23H19N5O3/c29-21(12-11-15-6-2-1-3-7-15)25-20-14-18(19-10-5-13-31-19)27-28(20)23-24-17-9-4-8-16(17)22(30)26-23/h1-3,5-7,10-14H,4,8-9H2,(H,25,29)(H,24,26,30)/b12-11-. The molecule has 4 aromatic rings. The van der Waals surface area contributed by atoms with Crippen LogP contribution in [0.15, 0.2) is 70.1 Å². The molecule has 0 saturated carbocycles. The summed E-state index contributed by atoms with van der Waals surface area (Å²) >= 11 is 0. The van der Waals surface area contributed by atoms with E-state index in [-0.39, 0.29) is 17.4 Å². The van der Waals surface area contributed by atoms with E-state index in [0.29, 0.717) is 17.3 Å². The molecule has 0 bridgehead atoms. The molecule has 0 aliphatic heterocycles. The zero-order valence-corrected chi connectivity index (χ0v) is 16.5. The predicted molar refractivity (Wildman–Crippen MR) is 116 cm³/mol. The van der Waals surface area contributed by atoms with Gasteiger partial charge in [-0.05, 0) is 43.0 Å². The molecule has 8 heteroatoms. The average molecular weight is 413 g/mol. The van der Waals surface area contributed by atoms with Crippen LogP contribution < -0.4 is 10.9 Å². The number of carbonyl (C=O) groups excluding carboxylic acids is 1. The summed E-state index contributed by atoms with van der Waals surface area (Å²) in [6.07, 6.45) is 7.09. The Morgan fingerprint density at radius 3 is 2.84 bits per heavy atom. The fraction of sp³-hybridized carbons (Fsp3) is 0.130. The lowest BCUT2D eigenvalue weighted by Gasteiger charge is -2.08. The van der Waals surface area contributed by atoms with Crippen molar-refractivity contribution in [3.05, 3.63) is 88.0 Å². The maximum absolute atomic E-state index is 12.6. The van der Waals surface area contributed by atoms with Crippen molar-refractivity contribution in [3.63, 3.8) is 0 Å². The van der Waals surface area contributed by atoms with Gasteiger partial charge in [0.25, 0.3) is 5.56 Å². The Morgan fingerprint density at radius 2 is 2.03 bits per heavy atom. The number of aryl methyl sites for hydroxylation is 1. The Morgan fingerprint density at radius 1 is 1.16 bits per heavy atom. The molecule has 0 radical (unpaired) electrons. The van der Waals surface area contributed by atoms with Crippen LogP contribution in [0.2, 0.25) is 0 Å². The molecule has 1 aliphatic carbocycles. The maximum Gasteiger partial charge on any atom is 0.255 e. The van der Waals surface area contributed by atoms with E-state index in [1.807, 2.05) is 30.3 Å². The van der Waals surface area contributed by atoms with Crippen molar-refractivity contribution < 1.29 is 9.21 Å². The number of hydrogen-bond donors (Lipinski definition) is 2. The van der Waals surface area contributed by atoms with Crippen LogP contribution in [0.25, 0.3) is 23.5 Å². The number of benzene rings is 1. The minimum atomic E-state index is -0.334. The third-order valence-electron chi connectivity index (χ3n) is 5.09. The molecule has 31 heavy (non-hydrogen) atoms. The number of furan rings is 1. The van der Waals surface area contributed by atoms with Crippen LogP contribution in [0.1, 0.15) is 23.2 Å². The Kier molecular flexibility index (Phi) is 4.80. The molecule has 0 unspecified atom stereocenters. The molecule has 154 valence electrons. The van der Waals surface area contributed by atoms with E-state index in [0.717, 1.165) is 36.1 Å². The summed E-state index contributed by atoms with van der Waals surface area (Å²) in [6.45, 7) is 0. The number of rotatable bonds is 5. The number of fused-ring (bicyclic) bond motifs is 1. The van der Waals surface area contributed by atoms with Crippen molar-refractivity contribution in [2.24, 2.45) is 0 Å². The number of anilines is 1. The molecule has 3 heterocycles. The van der Waals surface area contributed by atoms with Gasteiger partial charge in [0, 0.05) is 17.7 Å². The third-order valence-corrected chi connectivity index (χ3v) is 5.09. The number of aromatic nitrogens is 4. The van der Waals surface area contributed by atoms with E-state index in [1.165, 1.54) is 10.8 Å². The van der Waals surface area contributed by atoms with Crippen molar-refractivity contribution >= 4 is 17.8 Å². The smallest absolute Gasteiger partial charge is 0.255 e. The van der Waals surface area contributed by atoms with Gasteiger partial charge >= 0.3 is 0 Å². The van der Waals surface area contributed by atoms with Crippen molar-refractivity contribution in [1.29, 1.82) is 0 Å². The highest BCUT2D eigenvalue weighted by molar-refractivity contribution is 6.01. The normalized spacial score (nSPS) is 12.9. The summed E-state index contributed by atoms with van der Waals surface area (Å²) in [5.74, 6) is 0.832. The van der Waals surface area contributed by atoms with E-state index in [2.05, 4.69) is 20.4 Å². The topological polar surface area (TPSA) is 106 Å². The lowest BCUT2D eigenvalue weighted by molar-refractivity contribution is -0.111. The number of amides is 1. The van der Waals surface area contributed by atoms with Gasteiger partial charge in [0.15, 0.2) is 5.76 Å². The van der Waals surface area contributed by atoms with Crippen molar-refractivity contribution in [3.8, 4) is 17.4 Å². The van der Waals surface area contributed by atoms with Gasteiger partial charge in [0.05, 0.1) is 12.0 Å². The number of carbonyl (C=O) groups is 1. The molecule has 0 atom stereocenters. The van der Waals surface area contributed by atoms with Gasteiger partial charge in [-0.25, -0.2) is 4.98 Å². The number of nitrogens with zero attached hydrogens (tertiary/aromatic N) is 3. The highest BCUT2D eigenvalue weighted by Crippen LogP contribution is 2.25. The van der Waals surface area contributed by atoms with Crippen LogP contribution >= 0.6 is 0 Å². The van der Waals surface area contributed by atoms with Crippen LogP contribution in [0.4, 0.5) is 5.82 Å². The summed E-state index contributed by atoms with van der Waals surface area (Å²) in [6, 6.07) is 14.7. The SMILES string of the molecule is O=C(/C=C\c1ccccc1)Nc1cc(-c2ccco2)nn1-c1nc2c(c(=O)[nH]1)CCC2. The van der Waals surface area contributed by atoms with Gasteiger partial charge in [0.1, 0.15) is 11.5 Å². The zero-order chi connectivity index (χ0) is 21.2. The fourth-order valence-corrected chi connectivity index (χ4v) is 3.61. The molecule has 1 aliphatic rings. The quantitative estimate of drug-likeness (QED) is 0.488. The van der Waals surface area contributed by atoms with Gasteiger partial charge < -0.3 is 9.73 Å².